The minimum Gasteiger partial charge on any atom is -0.497 e. The molecule has 0 aromatic heterocycles. The van der Waals surface area contributed by atoms with Crippen LogP contribution < -0.4 is 15.4 Å². The SMILES string of the molecule is COC(=O)C1=C(CS(=O)(=O)c2ccc(OC)cc2)NC(=O)NC1c1cccc(Cl)c1. The zero-order valence-electron chi connectivity index (χ0n) is 16.1. The molecule has 8 nitrogen and oxygen atoms in total. The first-order valence-electron chi connectivity index (χ1n) is 8.76. The summed E-state index contributed by atoms with van der Waals surface area (Å²) in [6.45, 7) is 0. The summed E-state index contributed by atoms with van der Waals surface area (Å²) in [6, 6.07) is 10.8. The Labute approximate surface area is 178 Å². The van der Waals surface area contributed by atoms with E-state index in [0.29, 0.717) is 16.3 Å². The van der Waals surface area contributed by atoms with E-state index < -0.39 is 33.6 Å². The van der Waals surface area contributed by atoms with Crippen molar-refractivity contribution in [2.24, 2.45) is 0 Å². The molecule has 1 aliphatic rings. The van der Waals surface area contributed by atoms with Gasteiger partial charge >= 0.3 is 12.0 Å². The van der Waals surface area contributed by atoms with Crippen molar-refractivity contribution >= 4 is 33.4 Å². The highest BCUT2D eigenvalue weighted by Gasteiger charge is 2.35. The lowest BCUT2D eigenvalue weighted by atomic mass is 9.95. The molecule has 0 radical (unpaired) electrons. The molecule has 0 spiro atoms. The smallest absolute Gasteiger partial charge is 0.338 e. The summed E-state index contributed by atoms with van der Waals surface area (Å²) in [5.74, 6) is -0.874. The fraction of sp³-hybridized carbons (Fsp3) is 0.200. The highest BCUT2D eigenvalue weighted by atomic mass is 35.5. The third-order valence-electron chi connectivity index (χ3n) is 4.49. The Hall–Kier alpha value is -3.04. The molecular weight excluding hydrogens is 432 g/mol. The molecule has 1 aliphatic heterocycles. The average molecular weight is 451 g/mol. The second-order valence-corrected chi connectivity index (χ2v) is 8.83. The van der Waals surface area contributed by atoms with E-state index in [9.17, 15) is 18.0 Å². The maximum Gasteiger partial charge on any atom is 0.338 e. The number of urea groups is 1. The van der Waals surface area contributed by atoms with Gasteiger partial charge in [-0.25, -0.2) is 18.0 Å². The molecule has 2 N–H and O–H groups in total. The van der Waals surface area contributed by atoms with Crippen molar-refractivity contribution in [2.45, 2.75) is 10.9 Å². The van der Waals surface area contributed by atoms with Crippen molar-refractivity contribution in [1.29, 1.82) is 0 Å². The number of ether oxygens (including phenoxy) is 2. The van der Waals surface area contributed by atoms with Gasteiger partial charge in [-0.1, -0.05) is 23.7 Å². The second-order valence-electron chi connectivity index (χ2n) is 6.40. The van der Waals surface area contributed by atoms with Crippen LogP contribution in [0.1, 0.15) is 11.6 Å². The van der Waals surface area contributed by atoms with E-state index in [1.54, 1.807) is 24.3 Å². The van der Waals surface area contributed by atoms with Crippen molar-refractivity contribution in [2.75, 3.05) is 20.0 Å². The molecule has 0 saturated heterocycles. The molecule has 0 aliphatic carbocycles. The molecule has 158 valence electrons. The van der Waals surface area contributed by atoms with Gasteiger partial charge in [0.15, 0.2) is 9.84 Å². The van der Waals surface area contributed by atoms with E-state index in [2.05, 4.69) is 10.6 Å². The van der Waals surface area contributed by atoms with E-state index in [1.165, 1.54) is 38.5 Å². The number of hydrogen-bond acceptors (Lipinski definition) is 6. The molecule has 30 heavy (non-hydrogen) atoms. The van der Waals surface area contributed by atoms with Gasteiger partial charge in [-0.3, -0.25) is 0 Å². The number of nitrogens with one attached hydrogen (secondary N) is 2. The highest BCUT2D eigenvalue weighted by Crippen LogP contribution is 2.30. The van der Waals surface area contributed by atoms with E-state index in [0.717, 1.165) is 0 Å². The van der Waals surface area contributed by atoms with Crippen LogP contribution in [0.4, 0.5) is 4.79 Å². The van der Waals surface area contributed by atoms with E-state index in [4.69, 9.17) is 21.1 Å². The third-order valence-corrected chi connectivity index (χ3v) is 6.39. The predicted molar refractivity (Wildman–Crippen MR) is 110 cm³/mol. The van der Waals surface area contributed by atoms with Gasteiger partial charge in [-0.2, -0.15) is 0 Å². The number of sulfone groups is 1. The first-order chi connectivity index (χ1) is 14.2. The van der Waals surface area contributed by atoms with Gasteiger partial charge in [-0.15, -0.1) is 0 Å². The zero-order chi connectivity index (χ0) is 21.9. The molecule has 0 saturated carbocycles. The zero-order valence-corrected chi connectivity index (χ0v) is 17.7. The second kappa shape index (κ2) is 8.76. The summed E-state index contributed by atoms with van der Waals surface area (Å²) in [4.78, 5) is 24.8. The van der Waals surface area contributed by atoms with E-state index in [1.807, 2.05) is 0 Å². The van der Waals surface area contributed by atoms with Crippen molar-refractivity contribution in [3.8, 4) is 5.75 Å². The topological polar surface area (TPSA) is 111 Å². The molecule has 3 rings (SSSR count). The summed E-state index contributed by atoms with van der Waals surface area (Å²) in [6.07, 6.45) is 0. The van der Waals surface area contributed by atoms with Crippen molar-refractivity contribution < 1.29 is 27.5 Å². The molecule has 1 unspecified atom stereocenters. The normalized spacial score (nSPS) is 16.5. The fourth-order valence-electron chi connectivity index (χ4n) is 3.08. The first kappa shape index (κ1) is 21.7. The number of methoxy groups -OCH3 is 2. The Bertz CT molecular complexity index is 1110. The van der Waals surface area contributed by atoms with Crippen LogP contribution in [0, 0.1) is 0 Å². The number of carbonyl (C=O) groups excluding carboxylic acids is 2. The van der Waals surface area contributed by atoms with Gasteiger partial charge in [0.25, 0.3) is 0 Å². The number of esters is 1. The number of amides is 2. The molecule has 1 atom stereocenters. The minimum atomic E-state index is -3.89. The summed E-state index contributed by atoms with van der Waals surface area (Å²) in [7, 11) is -1.24. The van der Waals surface area contributed by atoms with Gasteiger partial charge < -0.3 is 20.1 Å². The molecule has 2 amide bonds. The lowest BCUT2D eigenvalue weighted by Gasteiger charge is -2.29. The van der Waals surface area contributed by atoms with Gasteiger partial charge in [0.05, 0.1) is 36.5 Å². The van der Waals surface area contributed by atoms with E-state index in [-0.39, 0.29) is 16.2 Å². The largest absolute Gasteiger partial charge is 0.497 e. The summed E-state index contributed by atoms with van der Waals surface area (Å²) < 4.78 is 35.8. The Morgan fingerprint density at radius 1 is 1.13 bits per heavy atom. The van der Waals surface area contributed by atoms with Gasteiger partial charge in [0.1, 0.15) is 5.75 Å². The quantitative estimate of drug-likeness (QED) is 0.654. The molecule has 0 bridgehead atoms. The summed E-state index contributed by atoms with van der Waals surface area (Å²) >= 11 is 6.04. The lowest BCUT2D eigenvalue weighted by molar-refractivity contribution is -0.136. The number of rotatable bonds is 6. The van der Waals surface area contributed by atoms with Crippen LogP contribution >= 0.6 is 11.6 Å². The first-order valence-corrected chi connectivity index (χ1v) is 10.8. The van der Waals surface area contributed by atoms with Crippen molar-refractivity contribution in [3.05, 3.63) is 70.4 Å². The highest BCUT2D eigenvalue weighted by molar-refractivity contribution is 7.91. The molecule has 0 fully saturated rings. The fourth-order valence-corrected chi connectivity index (χ4v) is 4.60. The standard InChI is InChI=1S/C20H19ClN2O6S/c1-28-14-6-8-15(9-7-14)30(26,27)11-16-17(19(24)29-2)18(23-20(25)22-16)12-4-3-5-13(21)10-12/h3-10,18H,11H2,1-2H3,(H2,22,23,25). The minimum absolute atomic E-state index is 0.0172. The Balaban J connectivity index is 2.07. The Morgan fingerprint density at radius 2 is 1.83 bits per heavy atom. The maximum atomic E-state index is 12.9. The van der Waals surface area contributed by atoms with Gasteiger partial charge in [0, 0.05) is 10.7 Å². The molecule has 10 heteroatoms. The Morgan fingerprint density at radius 3 is 2.43 bits per heavy atom. The predicted octanol–water partition coefficient (Wildman–Crippen LogP) is 2.60. The third kappa shape index (κ3) is 4.58. The summed E-state index contributed by atoms with van der Waals surface area (Å²) in [5, 5.41) is 5.45. The van der Waals surface area contributed by atoms with E-state index >= 15 is 0 Å². The van der Waals surface area contributed by atoms with Crippen LogP contribution in [-0.4, -0.2) is 40.4 Å². The molecule has 2 aromatic carbocycles. The maximum absolute atomic E-state index is 12.9. The van der Waals surface area contributed by atoms with Gasteiger partial charge in [0.2, 0.25) is 0 Å². The summed E-state index contributed by atoms with van der Waals surface area (Å²) in [5.41, 5.74) is 0.431. The van der Waals surface area contributed by atoms with Crippen molar-refractivity contribution in [3.63, 3.8) is 0 Å². The number of carbonyl (C=O) groups is 2. The average Bonchev–Trinajstić information content (AvgIpc) is 2.72. The van der Waals surface area contributed by atoms with Crippen LogP contribution in [-0.2, 0) is 19.4 Å². The van der Waals surface area contributed by atoms with Crippen LogP contribution in [0.15, 0.2) is 64.7 Å². The van der Waals surface area contributed by atoms with Crippen LogP contribution in [0.2, 0.25) is 5.02 Å². The molecule has 2 aromatic rings. The van der Waals surface area contributed by atoms with Crippen molar-refractivity contribution in [1.82, 2.24) is 10.6 Å². The number of hydrogen-bond donors (Lipinski definition) is 2. The van der Waals surface area contributed by atoms with Crippen LogP contribution in [0.25, 0.3) is 0 Å². The Kier molecular flexibility index (Phi) is 6.33. The van der Waals surface area contributed by atoms with Crippen LogP contribution in [0.5, 0.6) is 5.75 Å². The van der Waals surface area contributed by atoms with Crippen LogP contribution in [0.3, 0.4) is 0 Å². The molecular formula is C20H19ClN2O6S. The number of benzene rings is 2. The monoisotopic (exact) mass is 450 g/mol. The van der Waals surface area contributed by atoms with Gasteiger partial charge in [-0.05, 0) is 42.0 Å². The molecule has 1 heterocycles. The lowest BCUT2D eigenvalue weighted by Crippen LogP contribution is -2.47. The number of halogens is 1.